The van der Waals surface area contributed by atoms with E-state index < -0.39 is 0 Å². The molecule has 3 aliphatic rings. The van der Waals surface area contributed by atoms with Crippen LogP contribution in [0.25, 0.3) is 0 Å². The topological polar surface area (TPSA) is 64.7 Å². The molecule has 2 aliphatic heterocycles. The average molecular weight is 505 g/mol. The quantitative estimate of drug-likeness (QED) is 0.457. The summed E-state index contributed by atoms with van der Waals surface area (Å²) < 4.78 is 0. The van der Waals surface area contributed by atoms with Crippen molar-refractivity contribution in [2.24, 2.45) is 11.3 Å². The predicted molar refractivity (Wildman–Crippen MR) is 152 cm³/mol. The van der Waals surface area contributed by atoms with Gasteiger partial charge in [-0.15, -0.1) is 0 Å². The first-order valence-electron chi connectivity index (χ1n) is 13.4. The Morgan fingerprint density at radius 2 is 1.62 bits per heavy atom. The molecule has 0 fully saturated rings. The highest BCUT2D eigenvalue weighted by molar-refractivity contribution is 5.88. The van der Waals surface area contributed by atoms with E-state index in [1.165, 1.54) is 11.3 Å². The summed E-state index contributed by atoms with van der Waals surface area (Å²) in [4.78, 5) is 29.1. The number of hydrogen-bond donors (Lipinski definition) is 2. The van der Waals surface area contributed by atoms with Crippen LogP contribution in [-0.4, -0.2) is 55.0 Å². The first-order valence-corrected chi connectivity index (χ1v) is 13.4. The predicted octanol–water partition coefficient (Wildman–Crippen LogP) is 4.98. The maximum Gasteiger partial charge on any atom is 0.243 e. The second kappa shape index (κ2) is 13.3. The monoisotopic (exact) mass is 504 g/mol. The highest BCUT2D eigenvalue weighted by Crippen LogP contribution is 2.42. The number of carbonyl (C=O) groups is 2. The van der Waals surface area contributed by atoms with E-state index >= 15 is 0 Å². The van der Waals surface area contributed by atoms with E-state index in [0.717, 1.165) is 50.0 Å². The summed E-state index contributed by atoms with van der Waals surface area (Å²) >= 11 is 0. The number of rotatable bonds is 0. The van der Waals surface area contributed by atoms with Gasteiger partial charge in [-0.25, -0.2) is 0 Å². The molecular formula is C31H44N4O2. The largest absolute Gasteiger partial charge is 0.359 e. The van der Waals surface area contributed by atoms with Crippen LogP contribution < -0.4 is 10.6 Å². The second-order valence-corrected chi connectivity index (χ2v) is 10.8. The number of amides is 2. The number of nitrogens with one attached hydrogen (secondary N) is 2. The lowest BCUT2D eigenvalue weighted by Gasteiger charge is -2.36. The average Bonchev–Trinajstić information content (AvgIpc) is 3.20. The summed E-state index contributed by atoms with van der Waals surface area (Å²) in [6, 6.07) is 0. The Kier molecular flexibility index (Phi) is 10.2. The van der Waals surface area contributed by atoms with Crippen LogP contribution in [0.1, 0.15) is 53.4 Å². The molecule has 6 heteroatoms. The lowest BCUT2D eigenvalue weighted by atomic mass is 9.68. The fraction of sp³-hybridized carbons (Fsp3) is 0.484. The van der Waals surface area contributed by atoms with E-state index in [1.807, 2.05) is 19.1 Å². The van der Waals surface area contributed by atoms with Crippen molar-refractivity contribution < 1.29 is 9.59 Å². The van der Waals surface area contributed by atoms with Crippen LogP contribution in [0, 0.1) is 11.3 Å². The van der Waals surface area contributed by atoms with Crippen molar-refractivity contribution in [3.8, 4) is 0 Å². The van der Waals surface area contributed by atoms with Gasteiger partial charge in [0.2, 0.25) is 11.8 Å². The van der Waals surface area contributed by atoms with Crippen LogP contribution in [-0.2, 0) is 9.59 Å². The third-order valence-corrected chi connectivity index (χ3v) is 7.37. The van der Waals surface area contributed by atoms with E-state index in [-0.39, 0.29) is 23.1 Å². The van der Waals surface area contributed by atoms with Gasteiger partial charge in [0.1, 0.15) is 0 Å². The Hall–Kier alpha value is -3.28. The van der Waals surface area contributed by atoms with Crippen molar-refractivity contribution in [2.45, 2.75) is 53.4 Å². The lowest BCUT2D eigenvalue weighted by Crippen LogP contribution is -2.29. The van der Waals surface area contributed by atoms with Crippen molar-refractivity contribution in [3.05, 3.63) is 83.3 Å². The zero-order valence-corrected chi connectivity index (χ0v) is 23.2. The molecule has 0 radical (unpaired) electrons. The first kappa shape index (κ1) is 28.3. The molecule has 2 amide bonds. The van der Waals surface area contributed by atoms with Gasteiger partial charge in [0.25, 0.3) is 0 Å². The molecule has 0 saturated carbocycles. The molecule has 0 saturated heterocycles. The van der Waals surface area contributed by atoms with Crippen molar-refractivity contribution in [3.63, 3.8) is 0 Å². The maximum atomic E-state index is 12.4. The van der Waals surface area contributed by atoms with Gasteiger partial charge in [-0.3, -0.25) is 9.59 Å². The zero-order valence-electron chi connectivity index (χ0n) is 23.2. The molecule has 2 heterocycles. The standard InChI is InChI=1S/C31H44N4O2/c1-24-8-6-15-31(4)16-13-26(3)21-27(31)20-25(2)10-12-30(37)33-18-14-28-22-35(23-34(28)5)19-7-17-32-29(36)11-9-24/h6,8-12,15,20-22,27H,7,13-14,16-19,23H2,1-5H3,(H,32,36)(H,33,37)/b11-9+,12-10+,15-6+,24-8+,25-20+/t27-,31-/m0/s1. The highest BCUT2D eigenvalue weighted by atomic mass is 16.2. The molecule has 1 aliphatic carbocycles. The molecule has 0 aromatic rings. The molecule has 0 spiro atoms. The number of hydrogen-bond acceptors (Lipinski definition) is 4. The van der Waals surface area contributed by atoms with Crippen molar-refractivity contribution in [2.75, 3.05) is 33.4 Å². The van der Waals surface area contributed by atoms with Crippen LogP contribution in [0.2, 0.25) is 0 Å². The minimum Gasteiger partial charge on any atom is -0.359 e. The molecule has 3 rings (SSSR count). The van der Waals surface area contributed by atoms with Crippen LogP contribution in [0.5, 0.6) is 0 Å². The van der Waals surface area contributed by atoms with Gasteiger partial charge in [-0.05, 0) is 45.4 Å². The summed E-state index contributed by atoms with van der Waals surface area (Å²) in [6.07, 6.45) is 24.1. The van der Waals surface area contributed by atoms with Crippen LogP contribution in [0.15, 0.2) is 83.3 Å². The van der Waals surface area contributed by atoms with Gasteiger partial charge in [0.05, 0.1) is 6.67 Å². The molecule has 0 unspecified atom stereocenters. The van der Waals surface area contributed by atoms with Gasteiger partial charge in [0.15, 0.2) is 0 Å². The highest BCUT2D eigenvalue weighted by Gasteiger charge is 2.31. The SMILES string of the molecule is CC1=C[C@@H]2/C=C(C)/C=C/C(=O)NCCC3=CN(CCCNC(=O)/C=C/C(C)=C/C=C/[C@@]2(C)CC1)CN3C. The minimum atomic E-state index is -0.0669. The molecule has 2 atom stereocenters. The number of fused-ring (bicyclic) bond motifs is 2. The maximum absolute atomic E-state index is 12.4. The summed E-state index contributed by atoms with van der Waals surface area (Å²) in [7, 11) is 2.07. The first-order chi connectivity index (χ1) is 17.6. The summed E-state index contributed by atoms with van der Waals surface area (Å²) in [5.74, 6) is 0.117. The van der Waals surface area contributed by atoms with Crippen LogP contribution in [0.3, 0.4) is 0 Å². The fourth-order valence-corrected chi connectivity index (χ4v) is 4.90. The summed E-state index contributed by atoms with van der Waals surface area (Å²) in [5, 5.41) is 6.00. The Balaban J connectivity index is 1.79. The van der Waals surface area contributed by atoms with E-state index in [4.69, 9.17) is 0 Å². The Morgan fingerprint density at radius 1 is 0.919 bits per heavy atom. The van der Waals surface area contributed by atoms with Crippen LogP contribution in [0.4, 0.5) is 0 Å². The van der Waals surface area contributed by atoms with E-state index in [2.05, 4.69) is 84.8 Å². The van der Waals surface area contributed by atoms with Gasteiger partial charge in [0, 0.05) is 63.1 Å². The van der Waals surface area contributed by atoms with E-state index in [1.54, 1.807) is 12.2 Å². The van der Waals surface area contributed by atoms with Gasteiger partial charge in [-0.1, -0.05) is 66.2 Å². The fourth-order valence-electron chi connectivity index (χ4n) is 4.90. The minimum absolute atomic E-state index is 0.0165. The van der Waals surface area contributed by atoms with Crippen molar-refractivity contribution in [1.82, 2.24) is 20.4 Å². The molecule has 37 heavy (non-hydrogen) atoms. The van der Waals surface area contributed by atoms with Gasteiger partial charge >= 0.3 is 0 Å². The molecule has 2 bridgehead atoms. The van der Waals surface area contributed by atoms with Gasteiger partial charge in [-0.2, -0.15) is 0 Å². The third kappa shape index (κ3) is 8.96. The smallest absolute Gasteiger partial charge is 0.243 e. The van der Waals surface area contributed by atoms with Gasteiger partial charge < -0.3 is 20.4 Å². The number of allylic oxidation sites excluding steroid dienone is 10. The second-order valence-electron chi connectivity index (χ2n) is 10.8. The van der Waals surface area contributed by atoms with Crippen molar-refractivity contribution >= 4 is 11.8 Å². The molecule has 0 aromatic carbocycles. The van der Waals surface area contributed by atoms with E-state index in [0.29, 0.717) is 13.1 Å². The molecular weight excluding hydrogens is 460 g/mol. The normalized spacial score (nSPS) is 32.2. The van der Waals surface area contributed by atoms with Crippen LogP contribution >= 0.6 is 0 Å². The summed E-state index contributed by atoms with van der Waals surface area (Å²) in [5.41, 5.74) is 4.70. The molecule has 0 aromatic heterocycles. The van der Waals surface area contributed by atoms with Crippen molar-refractivity contribution in [1.29, 1.82) is 0 Å². The Morgan fingerprint density at radius 3 is 2.38 bits per heavy atom. The molecule has 200 valence electrons. The molecule has 2 N–H and O–H groups in total. The zero-order chi connectivity index (χ0) is 26.8. The Bertz CT molecular complexity index is 1060. The third-order valence-electron chi connectivity index (χ3n) is 7.37. The molecule has 6 nitrogen and oxygen atoms in total. The lowest BCUT2D eigenvalue weighted by molar-refractivity contribution is -0.117. The van der Waals surface area contributed by atoms with E-state index in [9.17, 15) is 9.59 Å². The number of carbonyl (C=O) groups excluding carboxylic acids is 2. The number of nitrogens with zero attached hydrogens (tertiary/aromatic N) is 2. The Labute approximate surface area is 223 Å². The summed E-state index contributed by atoms with van der Waals surface area (Å²) in [6.45, 7) is 11.5.